The first-order chi connectivity index (χ1) is 12.4. The minimum Gasteiger partial charge on any atom is -0.546 e. The molecule has 6 nitrogen and oxygen atoms in total. The van der Waals surface area contributed by atoms with Gasteiger partial charge in [-0.15, -0.1) is 0 Å². The molecule has 0 aromatic heterocycles. The van der Waals surface area contributed by atoms with Crippen LogP contribution in [0.2, 0.25) is 0 Å². The number of ether oxygens (including phenoxy) is 2. The SMILES string of the molecule is COc1cc(C=C2C(=O)c3ccccc3C2=O)ccc1O[C@@H](C)C(=O)[O-]. The monoisotopic (exact) mass is 351 g/mol. The molecule has 0 heterocycles. The number of carbonyl (C=O) groups is 3. The van der Waals surface area contributed by atoms with Crippen molar-refractivity contribution in [1.82, 2.24) is 0 Å². The van der Waals surface area contributed by atoms with Crippen LogP contribution >= 0.6 is 0 Å². The molecule has 0 saturated heterocycles. The van der Waals surface area contributed by atoms with Gasteiger partial charge >= 0.3 is 0 Å². The van der Waals surface area contributed by atoms with Crippen LogP contribution in [0.3, 0.4) is 0 Å². The van der Waals surface area contributed by atoms with E-state index in [1.807, 2.05) is 0 Å². The molecular formula is C20H15O6-. The number of hydrogen-bond donors (Lipinski definition) is 0. The Labute approximate surface area is 149 Å². The molecule has 0 aliphatic heterocycles. The molecule has 1 atom stereocenters. The van der Waals surface area contributed by atoms with Crippen molar-refractivity contribution in [2.75, 3.05) is 7.11 Å². The lowest BCUT2D eigenvalue weighted by molar-refractivity contribution is -0.312. The van der Waals surface area contributed by atoms with Crippen molar-refractivity contribution in [2.45, 2.75) is 13.0 Å². The zero-order valence-electron chi connectivity index (χ0n) is 14.1. The van der Waals surface area contributed by atoms with E-state index in [0.717, 1.165) is 0 Å². The maximum absolute atomic E-state index is 12.4. The van der Waals surface area contributed by atoms with E-state index in [-0.39, 0.29) is 28.6 Å². The lowest BCUT2D eigenvalue weighted by atomic mass is 10.1. The highest BCUT2D eigenvalue weighted by atomic mass is 16.5. The molecule has 0 unspecified atom stereocenters. The second kappa shape index (κ2) is 6.84. The number of benzene rings is 2. The fourth-order valence-corrected chi connectivity index (χ4v) is 2.68. The molecule has 1 aliphatic carbocycles. The highest BCUT2D eigenvalue weighted by Crippen LogP contribution is 2.32. The predicted molar refractivity (Wildman–Crippen MR) is 91.2 cm³/mol. The van der Waals surface area contributed by atoms with Crippen LogP contribution in [0.15, 0.2) is 48.0 Å². The smallest absolute Gasteiger partial charge is 0.197 e. The second-order valence-corrected chi connectivity index (χ2v) is 5.75. The van der Waals surface area contributed by atoms with E-state index in [1.54, 1.807) is 36.4 Å². The standard InChI is InChI=1S/C20H16O6/c1-11(20(23)24)26-16-8-7-12(10-17(16)25-2)9-15-18(21)13-5-3-4-6-14(13)19(15)22/h3-11H,1-2H3,(H,23,24)/p-1/t11-/m0/s1. The van der Waals surface area contributed by atoms with Gasteiger partial charge in [-0.05, 0) is 30.7 Å². The predicted octanol–water partition coefficient (Wildman–Crippen LogP) is 1.67. The maximum Gasteiger partial charge on any atom is 0.197 e. The highest BCUT2D eigenvalue weighted by molar-refractivity contribution is 6.41. The fraction of sp³-hybridized carbons (Fsp3) is 0.150. The van der Waals surface area contributed by atoms with Gasteiger partial charge < -0.3 is 19.4 Å². The molecule has 26 heavy (non-hydrogen) atoms. The van der Waals surface area contributed by atoms with Crippen LogP contribution in [0.5, 0.6) is 11.5 Å². The number of carbonyl (C=O) groups excluding carboxylic acids is 3. The highest BCUT2D eigenvalue weighted by Gasteiger charge is 2.32. The molecule has 2 aromatic rings. The first-order valence-electron chi connectivity index (χ1n) is 7.88. The first kappa shape index (κ1) is 17.4. The number of ketones is 2. The summed E-state index contributed by atoms with van der Waals surface area (Å²) in [6.45, 7) is 1.34. The minimum atomic E-state index is -1.35. The number of carboxylic acids is 1. The summed E-state index contributed by atoms with van der Waals surface area (Å²) < 4.78 is 10.5. The number of aliphatic carboxylic acids is 1. The lowest BCUT2D eigenvalue weighted by Crippen LogP contribution is -2.37. The van der Waals surface area contributed by atoms with Crippen molar-refractivity contribution >= 4 is 23.6 Å². The van der Waals surface area contributed by atoms with E-state index in [1.165, 1.54) is 26.2 Å². The van der Waals surface area contributed by atoms with Gasteiger partial charge in [-0.2, -0.15) is 0 Å². The van der Waals surface area contributed by atoms with Gasteiger partial charge in [0.1, 0.15) is 6.10 Å². The summed E-state index contributed by atoms with van der Waals surface area (Å²) in [7, 11) is 1.41. The Hall–Kier alpha value is -3.41. The quantitative estimate of drug-likeness (QED) is 0.601. The average molecular weight is 351 g/mol. The van der Waals surface area contributed by atoms with Crippen LogP contribution in [0.25, 0.3) is 6.08 Å². The number of fused-ring (bicyclic) bond motifs is 1. The molecule has 0 bridgehead atoms. The summed E-state index contributed by atoms with van der Waals surface area (Å²) in [5.41, 5.74) is 1.40. The summed E-state index contributed by atoms with van der Waals surface area (Å²) in [5, 5.41) is 10.8. The summed E-state index contributed by atoms with van der Waals surface area (Å²) in [6.07, 6.45) is 0.333. The Morgan fingerprint density at radius 2 is 1.65 bits per heavy atom. The molecule has 6 heteroatoms. The Kier molecular flexibility index (Phi) is 4.58. The number of carboxylic acid groups (broad SMARTS) is 1. The zero-order valence-corrected chi connectivity index (χ0v) is 14.1. The minimum absolute atomic E-state index is 0.0741. The third-order valence-corrected chi connectivity index (χ3v) is 4.04. The second-order valence-electron chi connectivity index (χ2n) is 5.75. The van der Waals surface area contributed by atoms with Crippen LogP contribution in [-0.4, -0.2) is 30.7 Å². The molecule has 2 aromatic carbocycles. The number of hydrogen-bond acceptors (Lipinski definition) is 6. The van der Waals surface area contributed by atoms with E-state index in [9.17, 15) is 19.5 Å². The van der Waals surface area contributed by atoms with Crippen molar-refractivity contribution in [1.29, 1.82) is 0 Å². The van der Waals surface area contributed by atoms with Crippen molar-refractivity contribution < 1.29 is 29.0 Å². The Morgan fingerprint density at radius 3 is 2.19 bits per heavy atom. The van der Waals surface area contributed by atoms with Crippen molar-refractivity contribution in [3.63, 3.8) is 0 Å². The fourth-order valence-electron chi connectivity index (χ4n) is 2.68. The van der Waals surface area contributed by atoms with Gasteiger partial charge in [0, 0.05) is 11.1 Å². The number of methoxy groups -OCH3 is 1. The molecule has 1 aliphatic rings. The van der Waals surface area contributed by atoms with Crippen LogP contribution in [0, 0.1) is 0 Å². The van der Waals surface area contributed by atoms with Gasteiger partial charge in [0.15, 0.2) is 23.1 Å². The van der Waals surface area contributed by atoms with Gasteiger partial charge in [-0.25, -0.2) is 0 Å². The summed E-state index contributed by atoms with van der Waals surface area (Å²) >= 11 is 0. The number of rotatable bonds is 5. The molecular weight excluding hydrogens is 336 g/mol. The Morgan fingerprint density at radius 1 is 1.04 bits per heavy atom. The van der Waals surface area contributed by atoms with Gasteiger partial charge in [0.05, 0.1) is 18.7 Å². The van der Waals surface area contributed by atoms with Gasteiger partial charge in [0.25, 0.3) is 0 Å². The molecule has 0 spiro atoms. The molecule has 0 radical (unpaired) electrons. The van der Waals surface area contributed by atoms with E-state index in [4.69, 9.17) is 9.47 Å². The van der Waals surface area contributed by atoms with Crippen LogP contribution in [0.1, 0.15) is 33.2 Å². The largest absolute Gasteiger partial charge is 0.546 e. The summed E-state index contributed by atoms with van der Waals surface area (Å²) in [4.78, 5) is 35.7. The lowest BCUT2D eigenvalue weighted by Gasteiger charge is -2.17. The summed E-state index contributed by atoms with van der Waals surface area (Å²) in [5.74, 6) is -1.49. The third-order valence-electron chi connectivity index (χ3n) is 4.04. The number of allylic oxidation sites excluding steroid dienone is 1. The van der Waals surface area contributed by atoms with Crippen molar-refractivity contribution in [3.05, 3.63) is 64.7 Å². The first-order valence-corrected chi connectivity index (χ1v) is 7.88. The van der Waals surface area contributed by atoms with Crippen LogP contribution in [-0.2, 0) is 4.79 Å². The molecule has 0 fully saturated rings. The van der Waals surface area contributed by atoms with Gasteiger partial charge in [-0.3, -0.25) is 9.59 Å². The molecule has 3 rings (SSSR count). The van der Waals surface area contributed by atoms with E-state index < -0.39 is 12.1 Å². The molecule has 0 saturated carbocycles. The summed E-state index contributed by atoms with van der Waals surface area (Å²) in [6, 6.07) is 11.3. The number of Topliss-reactive ketones (excluding diaryl/α,β-unsaturated/α-hetero) is 2. The van der Waals surface area contributed by atoms with Crippen LogP contribution in [0.4, 0.5) is 0 Å². The topological polar surface area (TPSA) is 92.7 Å². The molecule has 132 valence electrons. The maximum atomic E-state index is 12.4. The zero-order chi connectivity index (χ0) is 18.8. The van der Waals surface area contributed by atoms with Gasteiger partial charge in [0.2, 0.25) is 0 Å². The average Bonchev–Trinajstić information content (AvgIpc) is 2.88. The third kappa shape index (κ3) is 3.09. The van der Waals surface area contributed by atoms with Crippen LogP contribution < -0.4 is 14.6 Å². The Bertz CT molecular complexity index is 904. The molecule has 0 N–H and O–H groups in total. The normalized spacial score (nSPS) is 14.0. The Balaban J connectivity index is 1.94. The molecule has 0 amide bonds. The van der Waals surface area contributed by atoms with Gasteiger partial charge in [-0.1, -0.05) is 30.3 Å². The van der Waals surface area contributed by atoms with Crippen molar-refractivity contribution in [2.24, 2.45) is 0 Å². The van der Waals surface area contributed by atoms with E-state index >= 15 is 0 Å². The van der Waals surface area contributed by atoms with E-state index in [0.29, 0.717) is 16.7 Å². The van der Waals surface area contributed by atoms with E-state index in [2.05, 4.69) is 0 Å². The van der Waals surface area contributed by atoms with Crippen molar-refractivity contribution in [3.8, 4) is 11.5 Å².